The number of methoxy groups -OCH3 is 1. The fourth-order valence-electron chi connectivity index (χ4n) is 3.29. The number of hydrogen-bond acceptors (Lipinski definition) is 5. The number of sulfonamides is 1. The molecule has 0 saturated heterocycles. The monoisotopic (exact) mass is 418 g/mol. The van der Waals surface area contributed by atoms with E-state index < -0.39 is 10.0 Å². The number of amides is 1. The summed E-state index contributed by atoms with van der Waals surface area (Å²) in [7, 11) is -0.680. The Hall–Kier alpha value is -2.74. The van der Waals surface area contributed by atoms with E-state index in [1.165, 1.54) is 30.6 Å². The van der Waals surface area contributed by atoms with Gasteiger partial charge in [-0.2, -0.15) is 0 Å². The summed E-state index contributed by atoms with van der Waals surface area (Å²) in [6.45, 7) is -0.0597. The highest BCUT2D eigenvalue weighted by Crippen LogP contribution is 2.25. The maximum Gasteiger partial charge on any atom is 0.264 e. The predicted octanol–water partition coefficient (Wildman–Crippen LogP) is 2.96. The van der Waals surface area contributed by atoms with E-state index >= 15 is 0 Å². The molecule has 1 saturated carbocycles. The van der Waals surface area contributed by atoms with Crippen LogP contribution in [0.15, 0.2) is 53.4 Å². The van der Waals surface area contributed by atoms with E-state index in [1.807, 2.05) is 0 Å². The van der Waals surface area contributed by atoms with Crippen LogP contribution in [0, 0.1) is 0 Å². The lowest BCUT2D eigenvalue weighted by atomic mass is 10.2. The van der Waals surface area contributed by atoms with Crippen molar-refractivity contribution in [1.29, 1.82) is 0 Å². The molecule has 0 heterocycles. The quantitative estimate of drug-likeness (QED) is 0.712. The molecule has 7 nitrogen and oxygen atoms in total. The summed E-state index contributed by atoms with van der Waals surface area (Å²) in [5.74, 6) is 0.954. The Balaban J connectivity index is 1.60. The minimum Gasteiger partial charge on any atom is -0.497 e. The molecule has 1 N–H and O–H groups in total. The first-order chi connectivity index (χ1) is 13.9. The second kappa shape index (κ2) is 9.17. The summed E-state index contributed by atoms with van der Waals surface area (Å²) in [5.41, 5.74) is 0.489. The van der Waals surface area contributed by atoms with Gasteiger partial charge in [-0.25, -0.2) is 8.42 Å². The summed E-state index contributed by atoms with van der Waals surface area (Å²) < 4.78 is 37.4. The second-order valence-corrected chi connectivity index (χ2v) is 8.95. The second-order valence-electron chi connectivity index (χ2n) is 6.98. The van der Waals surface area contributed by atoms with Crippen molar-refractivity contribution in [3.05, 3.63) is 48.5 Å². The van der Waals surface area contributed by atoms with Gasteiger partial charge < -0.3 is 14.8 Å². The number of benzene rings is 2. The Bertz CT molecular complexity index is 921. The van der Waals surface area contributed by atoms with Crippen LogP contribution in [0.5, 0.6) is 11.5 Å². The van der Waals surface area contributed by atoms with Crippen molar-refractivity contribution in [2.24, 2.45) is 0 Å². The Morgan fingerprint density at radius 3 is 2.21 bits per heavy atom. The van der Waals surface area contributed by atoms with Crippen LogP contribution >= 0.6 is 0 Å². The Morgan fingerprint density at radius 1 is 1.03 bits per heavy atom. The van der Waals surface area contributed by atoms with E-state index in [0.29, 0.717) is 17.2 Å². The standard InChI is InChI=1S/C21H26N2O5S/c1-23(29(25,26)20-13-11-18(27-2)12-14-20)17-7-9-19(10-8-17)28-15-21(24)22-16-5-3-4-6-16/h7-14,16H,3-6,15H2,1-2H3,(H,22,24). The van der Waals surface area contributed by atoms with Crippen molar-refractivity contribution in [3.8, 4) is 11.5 Å². The number of ether oxygens (including phenoxy) is 2. The third kappa shape index (κ3) is 5.20. The number of carbonyl (C=O) groups is 1. The number of rotatable bonds is 8. The van der Waals surface area contributed by atoms with Crippen molar-refractivity contribution in [2.75, 3.05) is 25.1 Å². The SMILES string of the molecule is COc1ccc(S(=O)(=O)N(C)c2ccc(OCC(=O)NC3CCCC3)cc2)cc1. The molecule has 2 aromatic carbocycles. The van der Waals surface area contributed by atoms with Gasteiger partial charge in [0.05, 0.1) is 17.7 Å². The lowest BCUT2D eigenvalue weighted by Gasteiger charge is -2.20. The molecule has 29 heavy (non-hydrogen) atoms. The molecule has 0 bridgehead atoms. The molecule has 1 aliphatic carbocycles. The third-order valence-corrected chi connectivity index (χ3v) is 6.81. The zero-order chi connectivity index (χ0) is 20.9. The first-order valence-corrected chi connectivity index (χ1v) is 11.0. The summed E-state index contributed by atoms with van der Waals surface area (Å²) in [6, 6.07) is 13.1. The number of carbonyl (C=O) groups excluding carboxylic acids is 1. The average molecular weight is 419 g/mol. The molecule has 8 heteroatoms. The van der Waals surface area contributed by atoms with Crippen LogP contribution in [0.3, 0.4) is 0 Å². The Labute approximate surface area is 171 Å². The topological polar surface area (TPSA) is 84.9 Å². The van der Waals surface area contributed by atoms with Gasteiger partial charge in [0.15, 0.2) is 6.61 Å². The van der Waals surface area contributed by atoms with Crippen molar-refractivity contribution in [1.82, 2.24) is 5.32 Å². The fraction of sp³-hybridized carbons (Fsp3) is 0.381. The molecule has 2 aromatic rings. The number of hydrogen-bond donors (Lipinski definition) is 1. The van der Waals surface area contributed by atoms with E-state index in [0.717, 1.165) is 25.7 Å². The molecule has 0 aromatic heterocycles. The molecule has 1 fully saturated rings. The van der Waals surface area contributed by atoms with Gasteiger partial charge in [-0.15, -0.1) is 0 Å². The maximum absolute atomic E-state index is 12.8. The average Bonchev–Trinajstić information content (AvgIpc) is 3.25. The zero-order valence-corrected chi connectivity index (χ0v) is 17.4. The fourth-order valence-corrected chi connectivity index (χ4v) is 4.48. The Kier molecular flexibility index (Phi) is 6.64. The molecule has 0 aliphatic heterocycles. The molecule has 3 rings (SSSR count). The first kappa shape index (κ1) is 21.0. The summed E-state index contributed by atoms with van der Waals surface area (Å²) >= 11 is 0. The van der Waals surface area contributed by atoms with Crippen LogP contribution in [0.2, 0.25) is 0 Å². The molecule has 1 aliphatic rings. The van der Waals surface area contributed by atoms with E-state index in [1.54, 1.807) is 36.4 Å². The minimum absolute atomic E-state index is 0.0597. The van der Waals surface area contributed by atoms with Gasteiger partial charge in [-0.1, -0.05) is 12.8 Å². The number of nitrogens with one attached hydrogen (secondary N) is 1. The minimum atomic E-state index is -3.70. The molecule has 0 spiro atoms. The lowest BCUT2D eigenvalue weighted by molar-refractivity contribution is -0.123. The molecule has 156 valence electrons. The maximum atomic E-state index is 12.8. The van der Waals surface area contributed by atoms with Gasteiger partial charge >= 0.3 is 0 Å². The van der Waals surface area contributed by atoms with Gasteiger partial charge in [-0.05, 0) is 61.4 Å². The van der Waals surface area contributed by atoms with Gasteiger partial charge in [0, 0.05) is 13.1 Å². The third-order valence-electron chi connectivity index (χ3n) is 5.01. The number of anilines is 1. The first-order valence-electron chi connectivity index (χ1n) is 9.55. The van der Waals surface area contributed by atoms with Gasteiger partial charge in [0.2, 0.25) is 0 Å². The van der Waals surface area contributed by atoms with Crippen LogP contribution in [-0.2, 0) is 14.8 Å². The predicted molar refractivity (Wildman–Crippen MR) is 111 cm³/mol. The van der Waals surface area contributed by atoms with E-state index in [9.17, 15) is 13.2 Å². The van der Waals surface area contributed by atoms with Crippen LogP contribution < -0.4 is 19.1 Å². The van der Waals surface area contributed by atoms with Crippen molar-refractivity contribution < 1.29 is 22.7 Å². The molecule has 0 atom stereocenters. The molecular formula is C21H26N2O5S. The van der Waals surface area contributed by atoms with Crippen molar-refractivity contribution >= 4 is 21.6 Å². The summed E-state index contributed by atoms with van der Waals surface area (Å²) in [6.07, 6.45) is 4.35. The molecule has 0 unspecified atom stereocenters. The van der Waals surface area contributed by atoms with E-state index in [2.05, 4.69) is 5.32 Å². The van der Waals surface area contributed by atoms with Gasteiger partial charge in [0.1, 0.15) is 11.5 Å². The van der Waals surface area contributed by atoms with Crippen LogP contribution in [0.1, 0.15) is 25.7 Å². The van der Waals surface area contributed by atoms with Crippen LogP contribution in [0.4, 0.5) is 5.69 Å². The normalized spacial score (nSPS) is 14.4. The molecule has 0 radical (unpaired) electrons. The summed E-state index contributed by atoms with van der Waals surface area (Å²) in [5, 5.41) is 2.96. The highest BCUT2D eigenvalue weighted by atomic mass is 32.2. The zero-order valence-electron chi connectivity index (χ0n) is 16.6. The van der Waals surface area contributed by atoms with Crippen molar-refractivity contribution in [2.45, 2.75) is 36.6 Å². The Morgan fingerprint density at radius 2 is 1.62 bits per heavy atom. The smallest absolute Gasteiger partial charge is 0.264 e. The van der Waals surface area contributed by atoms with E-state index in [-0.39, 0.29) is 23.5 Å². The highest BCUT2D eigenvalue weighted by molar-refractivity contribution is 7.92. The van der Waals surface area contributed by atoms with Crippen LogP contribution in [0.25, 0.3) is 0 Å². The largest absolute Gasteiger partial charge is 0.497 e. The summed E-state index contributed by atoms with van der Waals surface area (Å²) in [4.78, 5) is 12.1. The highest BCUT2D eigenvalue weighted by Gasteiger charge is 2.21. The van der Waals surface area contributed by atoms with Gasteiger partial charge in [0.25, 0.3) is 15.9 Å². The van der Waals surface area contributed by atoms with Gasteiger partial charge in [-0.3, -0.25) is 9.10 Å². The van der Waals surface area contributed by atoms with Crippen LogP contribution in [-0.4, -0.2) is 41.1 Å². The van der Waals surface area contributed by atoms with E-state index in [4.69, 9.17) is 9.47 Å². The van der Waals surface area contributed by atoms with Crippen molar-refractivity contribution in [3.63, 3.8) is 0 Å². The molecule has 1 amide bonds. The number of nitrogens with zero attached hydrogens (tertiary/aromatic N) is 1. The molecular weight excluding hydrogens is 392 g/mol. The lowest BCUT2D eigenvalue weighted by Crippen LogP contribution is -2.36.